The van der Waals surface area contributed by atoms with Gasteiger partial charge in [-0.25, -0.2) is 0 Å². The van der Waals surface area contributed by atoms with Crippen LogP contribution in [0.3, 0.4) is 0 Å². The summed E-state index contributed by atoms with van der Waals surface area (Å²) in [7, 11) is 0. The van der Waals surface area contributed by atoms with Crippen molar-refractivity contribution < 1.29 is 0 Å². The molecule has 0 nitrogen and oxygen atoms in total. The summed E-state index contributed by atoms with van der Waals surface area (Å²) in [5.74, 6) is 7.66. The van der Waals surface area contributed by atoms with E-state index in [0.29, 0.717) is 11.8 Å². The second kappa shape index (κ2) is 6.49. The zero-order valence-corrected chi connectivity index (χ0v) is 9.29. The van der Waals surface area contributed by atoms with Gasteiger partial charge in [0.2, 0.25) is 0 Å². The van der Waals surface area contributed by atoms with E-state index in [-0.39, 0.29) is 0 Å². The average Bonchev–Trinajstić information content (AvgIpc) is 2.20. The first-order valence-electron chi connectivity index (χ1n) is 5.68. The summed E-state index contributed by atoms with van der Waals surface area (Å²) >= 11 is 0. The number of allylic oxidation sites excluding steroid dienone is 4. The Labute approximate surface area is 88.1 Å². The zero-order chi connectivity index (χ0) is 10.2. The maximum atomic E-state index is 3.34. The molecule has 76 valence electrons. The molecule has 0 fully saturated rings. The lowest BCUT2D eigenvalue weighted by Crippen LogP contribution is -2.06. The quantitative estimate of drug-likeness (QED) is 0.465. The van der Waals surface area contributed by atoms with E-state index in [1.54, 1.807) is 0 Å². The minimum Gasteiger partial charge on any atom is -0.103 e. The molecule has 0 radical (unpaired) electrons. The van der Waals surface area contributed by atoms with Crippen molar-refractivity contribution >= 4 is 0 Å². The minimum absolute atomic E-state index is 0.446. The molecule has 0 aromatic heterocycles. The first-order chi connectivity index (χ1) is 6.84. The van der Waals surface area contributed by atoms with Crippen LogP contribution in [0.25, 0.3) is 0 Å². The Kier molecular flexibility index (Phi) is 5.15. The molecular weight excluding hydrogens is 168 g/mol. The Bertz CT molecular complexity index is 259. The smallest absolute Gasteiger partial charge is 0.0445 e. The zero-order valence-electron chi connectivity index (χ0n) is 9.29. The van der Waals surface area contributed by atoms with Gasteiger partial charge in [0.1, 0.15) is 0 Å². The third kappa shape index (κ3) is 3.83. The fourth-order valence-corrected chi connectivity index (χ4v) is 1.55. The highest BCUT2D eigenvalue weighted by Gasteiger charge is 2.09. The van der Waals surface area contributed by atoms with Crippen LogP contribution in [-0.4, -0.2) is 0 Å². The molecule has 0 bridgehead atoms. The van der Waals surface area contributed by atoms with Gasteiger partial charge in [-0.15, -0.1) is 5.92 Å². The van der Waals surface area contributed by atoms with Crippen LogP contribution >= 0.6 is 0 Å². The lowest BCUT2D eigenvalue weighted by molar-refractivity contribution is 0.622. The van der Waals surface area contributed by atoms with E-state index in [1.165, 1.54) is 19.3 Å². The summed E-state index contributed by atoms with van der Waals surface area (Å²) in [6.45, 7) is 4.45. The summed E-state index contributed by atoms with van der Waals surface area (Å²) in [5, 5.41) is 0. The summed E-state index contributed by atoms with van der Waals surface area (Å²) in [5.41, 5.74) is 0. The molecule has 0 heterocycles. The predicted octanol–water partition coefficient (Wildman–Crippen LogP) is 3.95. The molecule has 0 N–H and O–H groups in total. The standard InChI is InChI=1S/C14H20/c1-3-4-5-6-7-11-14-12-9-8-10-13(14)2/h8-10,12-14H,3-6H2,1-2H3. The van der Waals surface area contributed by atoms with Crippen molar-refractivity contribution in [3.05, 3.63) is 24.3 Å². The van der Waals surface area contributed by atoms with Gasteiger partial charge in [0.25, 0.3) is 0 Å². The number of rotatable bonds is 3. The van der Waals surface area contributed by atoms with Crippen LogP contribution in [0.15, 0.2) is 24.3 Å². The summed E-state index contributed by atoms with van der Waals surface area (Å²) in [4.78, 5) is 0. The lowest BCUT2D eigenvalue weighted by atomic mass is 9.90. The molecule has 0 spiro atoms. The van der Waals surface area contributed by atoms with Crippen molar-refractivity contribution in [1.29, 1.82) is 0 Å². The maximum Gasteiger partial charge on any atom is 0.0445 e. The van der Waals surface area contributed by atoms with E-state index in [9.17, 15) is 0 Å². The van der Waals surface area contributed by atoms with Gasteiger partial charge >= 0.3 is 0 Å². The van der Waals surface area contributed by atoms with Gasteiger partial charge < -0.3 is 0 Å². The topological polar surface area (TPSA) is 0 Å². The molecule has 14 heavy (non-hydrogen) atoms. The lowest BCUT2D eigenvalue weighted by Gasteiger charge is -2.13. The maximum absolute atomic E-state index is 3.34. The molecule has 0 aliphatic heterocycles. The van der Waals surface area contributed by atoms with Crippen LogP contribution in [0.1, 0.15) is 39.5 Å². The van der Waals surface area contributed by atoms with Gasteiger partial charge in [0, 0.05) is 12.3 Å². The van der Waals surface area contributed by atoms with E-state index < -0.39 is 0 Å². The summed E-state index contributed by atoms with van der Waals surface area (Å²) in [6.07, 6.45) is 13.6. The van der Waals surface area contributed by atoms with Crippen molar-refractivity contribution in [2.24, 2.45) is 11.8 Å². The van der Waals surface area contributed by atoms with Crippen LogP contribution in [-0.2, 0) is 0 Å². The Balaban J connectivity index is 2.28. The van der Waals surface area contributed by atoms with Crippen LogP contribution in [0.2, 0.25) is 0 Å². The third-order valence-corrected chi connectivity index (χ3v) is 2.58. The highest BCUT2D eigenvalue weighted by molar-refractivity contribution is 5.22. The van der Waals surface area contributed by atoms with Crippen LogP contribution in [0, 0.1) is 23.7 Å². The molecular formula is C14H20. The van der Waals surface area contributed by atoms with Gasteiger partial charge in [-0.2, -0.15) is 0 Å². The average molecular weight is 188 g/mol. The number of hydrogen-bond donors (Lipinski definition) is 0. The summed E-state index contributed by atoms with van der Waals surface area (Å²) in [6, 6.07) is 0. The Morgan fingerprint density at radius 1 is 1.14 bits per heavy atom. The highest BCUT2D eigenvalue weighted by Crippen LogP contribution is 2.17. The molecule has 1 rings (SSSR count). The van der Waals surface area contributed by atoms with Crippen molar-refractivity contribution in [2.45, 2.75) is 39.5 Å². The van der Waals surface area contributed by atoms with Gasteiger partial charge in [-0.1, -0.05) is 56.9 Å². The molecule has 0 aromatic rings. The normalized spacial score (nSPS) is 24.4. The molecule has 0 saturated carbocycles. The fourth-order valence-electron chi connectivity index (χ4n) is 1.55. The van der Waals surface area contributed by atoms with Crippen LogP contribution in [0.4, 0.5) is 0 Å². The van der Waals surface area contributed by atoms with E-state index in [1.807, 2.05) is 0 Å². The number of hydrogen-bond acceptors (Lipinski definition) is 0. The second-order valence-electron chi connectivity index (χ2n) is 3.93. The van der Waals surface area contributed by atoms with E-state index in [2.05, 4.69) is 50.0 Å². The SMILES string of the molecule is CCCCCC#CC1C=CC=CC1C. The largest absolute Gasteiger partial charge is 0.103 e. The van der Waals surface area contributed by atoms with Gasteiger partial charge in [-0.05, 0) is 12.3 Å². The van der Waals surface area contributed by atoms with Crippen molar-refractivity contribution in [3.63, 3.8) is 0 Å². The van der Waals surface area contributed by atoms with E-state index in [4.69, 9.17) is 0 Å². The van der Waals surface area contributed by atoms with Crippen LogP contribution in [0.5, 0.6) is 0 Å². The molecule has 2 unspecified atom stereocenters. The van der Waals surface area contributed by atoms with Crippen LogP contribution < -0.4 is 0 Å². The molecule has 1 aliphatic rings. The van der Waals surface area contributed by atoms with E-state index >= 15 is 0 Å². The monoisotopic (exact) mass is 188 g/mol. The minimum atomic E-state index is 0.446. The van der Waals surface area contributed by atoms with Gasteiger partial charge in [0.15, 0.2) is 0 Å². The van der Waals surface area contributed by atoms with E-state index in [0.717, 1.165) is 6.42 Å². The molecule has 1 aliphatic carbocycles. The third-order valence-electron chi connectivity index (χ3n) is 2.58. The van der Waals surface area contributed by atoms with Gasteiger partial charge in [-0.3, -0.25) is 0 Å². The fraction of sp³-hybridized carbons (Fsp3) is 0.571. The van der Waals surface area contributed by atoms with Crippen molar-refractivity contribution in [1.82, 2.24) is 0 Å². The highest BCUT2D eigenvalue weighted by atomic mass is 14.1. The predicted molar refractivity (Wildman–Crippen MR) is 62.9 cm³/mol. The molecule has 0 amide bonds. The second-order valence-corrected chi connectivity index (χ2v) is 3.93. The van der Waals surface area contributed by atoms with Crippen molar-refractivity contribution in [2.75, 3.05) is 0 Å². The Morgan fingerprint density at radius 2 is 1.93 bits per heavy atom. The van der Waals surface area contributed by atoms with Crippen molar-refractivity contribution in [3.8, 4) is 11.8 Å². The number of unbranched alkanes of at least 4 members (excludes halogenated alkanes) is 3. The summed E-state index contributed by atoms with van der Waals surface area (Å²) < 4.78 is 0. The molecule has 0 heteroatoms. The molecule has 0 aromatic carbocycles. The molecule has 2 atom stereocenters. The first kappa shape index (κ1) is 11.1. The van der Waals surface area contributed by atoms with Gasteiger partial charge in [0.05, 0.1) is 0 Å². The molecule has 0 saturated heterocycles. The Morgan fingerprint density at radius 3 is 2.64 bits per heavy atom. The first-order valence-corrected chi connectivity index (χ1v) is 5.68. The Hall–Kier alpha value is -0.960.